The van der Waals surface area contributed by atoms with Crippen molar-refractivity contribution in [1.29, 1.82) is 0 Å². The van der Waals surface area contributed by atoms with Crippen LogP contribution in [0, 0.1) is 0 Å². The molecule has 0 unspecified atom stereocenters. The van der Waals surface area contributed by atoms with Crippen molar-refractivity contribution in [1.82, 2.24) is 9.80 Å². The van der Waals surface area contributed by atoms with Gasteiger partial charge in [-0.2, -0.15) is 0 Å². The van der Waals surface area contributed by atoms with Gasteiger partial charge in [0.25, 0.3) is 0 Å². The molecule has 0 radical (unpaired) electrons. The largest absolute Gasteiger partial charge is 0.493 e. The van der Waals surface area contributed by atoms with Crippen molar-refractivity contribution >= 4 is 12.0 Å². The molecule has 1 aliphatic heterocycles. The van der Waals surface area contributed by atoms with Gasteiger partial charge in [0.05, 0.1) is 6.61 Å². The van der Waals surface area contributed by atoms with E-state index < -0.39 is 0 Å². The fraction of sp³-hybridized carbons (Fsp3) is 0.348. The van der Waals surface area contributed by atoms with E-state index in [2.05, 4.69) is 36.1 Å². The quantitative estimate of drug-likeness (QED) is 0.700. The van der Waals surface area contributed by atoms with Crippen molar-refractivity contribution in [3.8, 4) is 5.75 Å². The highest BCUT2D eigenvalue weighted by molar-refractivity contribution is 5.92. The Morgan fingerprint density at radius 3 is 2.44 bits per heavy atom. The van der Waals surface area contributed by atoms with Gasteiger partial charge in [0.2, 0.25) is 5.91 Å². The molecule has 1 saturated heterocycles. The molecule has 0 spiro atoms. The van der Waals surface area contributed by atoms with Crippen molar-refractivity contribution in [2.24, 2.45) is 0 Å². The molecule has 0 aromatic heterocycles. The minimum absolute atomic E-state index is 0.0691. The molecule has 0 aliphatic carbocycles. The van der Waals surface area contributed by atoms with E-state index in [-0.39, 0.29) is 5.91 Å². The van der Waals surface area contributed by atoms with Gasteiger partial charge in [0.15, 0.2) is 0 Å². The monoisotopic (exact) mass is 364 g/mol. The molecular formula is C23H28N2O2. The third-order valence-electron chi connectivity index (χ3n) is 4.72. The smallest absolute Gasteiger partial charge is 0.246 e. The number of carbonyl (C=O) groups is 1. The van der Waals surface area contributed by atoms with Crippen LogP contribution in [0.15, 0.2) is 60.7 Å². The second kappa shape index (κ2) is 9.93. The third-order valence-corrected chi connectivity index (χ3v) is 4.72. The first-order valence-corrected chi connectivity index (χ1v) is 9.71. The Labute approximate surface area is 162 Å². The van der Waals surface area contributed by atoms with Crippen LogP contribution < -0.4 is 4.74 Å². The molecule has 4 nitrogen and oxygen atoms in total. The standard InChI is InChI=1S/C23H28N2O2/c1-2-18-27-22-11-7-6-10-21(22)12-13-23(26)25-16-14-24(15-17-25)19-20-8-4-3-5-9-20/h3-13H,2,14-19H2,1H3/b13-12+. The molecule has 142 valence electrons. The summed E-state index contributed by atoms with van der Waals surface area (Å²) in [4.78, 5) is 16.9. The number of rotatable bonds is 7. The topological polar surface area (TPSA) is 32.8 Å². The Hall–Kier alpha value is -2.59. The van der Waals surface area contributed by atoms with Crippen LogP contribution in [0.4, 0.5) is 0 Å². The first-order valence-electron chi connectivity index (χ1n) is 9.71. The van der Waals surface area contributed by atoms with E-state index in [1.807, 2.05) is 41.3 Å². The minimum atomic E-state index is 0.0691. The number of hydrogen-bond acceptors (Lipinski definition) is 3. The molecule has 4 heteroatoms. The zero-order valence-electron chi connectivity index (χ0n) is 16.0. The third kappa shape index (κ3) is 5.69. The lowest BCUT2D eigenvalue weighted by molar-refractivity contribution is -0.127. The molecule has 3 rings (SSSR count). The number of para-hydroxylation sites is 1. The highest BCUT2D eigenvalue weighted by Crippen LogP contribution is 2.20. The lowest BCUT2D eigenvalue weighted by Crippen LogP contribution is -2.47. The fourth-order valence-corrected chi connectivity index (χ4v) is 3.20. The Bertz CT molecular complexity index is 750. The maximum Gasteiger partial charge on any atom is 0.246 e. The van der Waals surface area contributed by atoms with E-state index in [9.17, 15) is 4.79 Å². The first kappa shape index (κ1) is 19.2. The second-order valence-corrected chi connectivity index (χ2v) is 6.81. The number of nitrogens with zero attached hydrogens (tertiary/aromatic N) is 2. The number of carbonyl (C=O) groups excluding carboxylic acids is 1. The molecular weight excluding hydrogens is 336 g/mol. The van der Waals surface area contributed by atoms with E-state index in [0.717, 1.165) is 50.5 Å². The Balaban J connectivity index is 1.52. The maximum atomic E-state index is 12.5. The molecule has 2 aromatic carbocycles. The van der Waals surface area contributed by atoms with Gasteiger partial charge in [-0.25, -0.2) is 0 Å². The van der Waals surface area contributed by atoms with Crippen LogP contribution >= 0.6 is 0 Å². The van der Waals surface area contributed by atoms with Crippen LogP contribution in [0.3, 0.4) is 0 Å². The van der Waals surface area contributed by atoms with Crippen molar-refractivity contribution in [3.05, 3.63) is 71.8 Å². The Morgan fingerprint density at radius 1 is 1.00 bits per heavy atom. The summed E-state index contributed by atoms with van der Waals surface area (Å²) in [6, 6.07) is 18.3. The molecule has 27 heavy (non-hydrogen) atoms. The summed E-state index contributed by atoms with van der Waals surface area (Å²) < 4.78 is 5.75. The number of hydrogen-bond donors (Lipinski definition) is 0. The summed E-state index contributed by atoms with van der Waals surface area (Å²) in [7, 11) is 0. The highest BCUT2D eigenvalue weighted by atomic mass is 16.5. The summed E-state index contributed by atoms with van der Waals surface area (Å²) in [5.74, 6) is 0.899. The minimum Gasteiger partial charge on any atom is -0.493 e. The van der Waals surface area contributed by atoms with Crippen LogP contribution in [0.1, 0.15) is 24.5 Å². The molecule has 0 atom stereocenters. The SMILES string of the molecule is CCCOc1ccccc1/C=C/C(=O)N1CCN(Cc2ccccc2)CC1. The predicted octanol–water partition coefficient (Wildman–Crippen LogP) is 3.83. The average molecular weight is 364 g/mol. The highest BCUT2D eigenvalue weighted by Gasteiger charge is 2.19. The fourth-order valence-electron chi connectivity index (χ4n) is 3.20. The lowest BCUT2D eigenvalue weighted by Gasteiger charge is -2.34. The lowest BCUT2D eigenvalue weighted by atomic mass is 10.1. The number of ether oxygens (including phenoxy) is 1. The zero-order chi connectivity index (χ0) is 18.9. The van der Waals surface area contributed by atoms with Gasteiger partial charge < -0.3 is 9.64 Å². The van der Waals surface area contributed by atoms with Crippen LogP contribution in [0.2, 0.25) is 0 Å². The van der Waals surface area contributed by atoms with E-state index in [4.69, 9.17) is 4.74 Å². The molecule has 1 aliphatic rings. The van der Waals surface area contributed by atoms with Crippen LogP contribution in [0.25, 0.3) is 6.08 Å². The van der Waals surface area contributed by atoms with Gasteiger partial charge in [-0.05, 0) is 24.1 Å². The van der Waals surface area contributed by atoms with E-state index in [1.54, 1.807) is 6.08 Å². The van der Waals surface area contributed by atoms with E-state index in [0.29, 0.717) is 6.61 Å². The van der Waals surface area contributed by atoms with Gasteiger partial charge in [-0.1, -0.05) is 55.5 Å². The summed E-state index contributed by atoms with van der Waals surface area (Å²) in [6.07, 6.45) is 4.49. The van der Waals surface area contributed by atoms with Crippen molar-refractivity contribution < 1.29 is 9.53 Å². The normalized spacial score (nSPS) is 15.2. The molecule has 0 bridgehead atoms. The molecule has 1 fully saturated rings. The van der Waals surface area contributed by atoms with Gasteiger partial charge in [0, 0.05) is 44.4 Å². The average Bonchev–Trinajstić information content (AvgIpc) is 2.72. The summed E-state index contributed by atoms with van der Waals surface area (Å²) >= 11 is 0. The predicted molar refractivity (Wildman–Crippen MR) is 110 cm³/mol. The van der Waals surface area contributed by atoms with Crippen LogP contribution in [0.5, 0.6) is 5.75 Å². The maximum absolute atomic E-state index is 12.5. The van der Waals surface area contributed by atoms with Gasteiger partial charge in [-0.15, -0.1) is 0 Å². The summed E-state index contributed by atoms with van der Waals surface area (Å²) in [6.45, 7) is 7.06. The summed E-state index contributed by atoms with van der Waals surface area (Å²) in [5, 5.41) is 0. The Morgan fingerprint density at radius 2 is 1.70 bits per heavy atom. The van der Waals surface area contributed by atoms with Crippen LogP contribution in [-0.4, -0.2) is 48.5 Å². The van der Waals surface area contributed by atoms with E-state index >= 15 is 0 Å². The Kier molecular flexibility index (Phi) is 7.05. The second-order valence-electron chi connectivity index (χ2n) is 6.81. The van der Waals surface area contributed by atoms with Crippen molar-refractivity contribution in [3.63, 3.8) is 0 Å². The van der Waals surface area contributed by atoms with Crippen molar-refractivity contribution in [2.45, 2.75) is 19.9 Å². The van der Waals surface area contributed by atoms with Crippen LogP contribution in [-0.2, 0) is 11.3 Å². The van der Waals surface area contributed by atoms with Gasteiger partial charge >= 0.3 is 0 Å². The molecule has 1 heterocycles. The van der Waals surface area contributed by atoms with Crippen molar-refractivity contribution in [2.75, 3.05) is 32.8 Å². The summed E-state index contributed by atoms with van der Waals surface area (Å²) in [5.41, 5.74) is 2.27. The first-order chi connectivity index (χ1) is 13.3. The van der Waals surface area contributed by atoms with Gasteiger partial charge in [-0.3, -0.25) is 9.69 Å². The number of benzene rings is 2. The molecule has 0 N–H and O–H groups in total. The number of piperazine rings is 1. The molecule has 1 amide bonds. The molecule has 0 saturated carbocycles. The molecule has 2 aromatic rings. The number of amides is 1. The van der Waals surface area contributed by atoms with E-state index in [1.165, 1.54) is 5.56 Å². The van der Waals surface area contributed by atoms with Gasteiger partial charge in [0.1, 0.15) is 5.75 Å². The zero-order valence-corrected chi connectivity index (χ0v) is 16.0.